The molecule has 1 atom stereocenters. The summed E-state index contributed by atoms with van der Waals surface area (Å²) < 4.78 is 10.2. The second-order valence-corrected chi connectivity index (χ2v) is 4.62. The van der Waals surface area contributed by atoms with Gasteiger partial charge in [0.15, 0.2) is 5.76 Å². The summed E-state index contributed by atoms with van der Waals surface area (Å²) in [6.45, 7) is 0. The zero-order valence-electron chi connectivity index (χ0n) is 12.2. The van der Waals surface area contributed by atoms with E-state index in [9.17, 15) is 10.1 Å². The lowest BCUT2D eigenvalue weighted by molar-refractivity contribution is -0.563. The van der Waals surface area contributed by atoms with Gasteiger partial charge in [0.1, 0.15) is 17.9 Å². The van der Waals surface area contributed by atoms with Gasteiger partial charge >= 0.3 is 5.66 Å². The first-order valence-electron chi connectivity index (χ1n) is 6.44. The van der Waals surface area contributed by atoms with Crippen LogP contribution in [0.1, 0.15) is 6.42 Å². The standard InChI is InChI=1S/C14H16N4O4/c1-21-12-9-14(15,18(19)20)13(22-2)8-11(12)17-16-10-6-4-3-5-7-10/h3-8H,9,15H2,1-2H3. The van der Waals surface area contributed by atoms with Crippen molar-refractivity contribution in [2.45, 2.75) is 12.1 Å². The first kappa shape index (κ1) is 15.6. The van der Waals surface area contributed by atoms with Gasteiger partial charge in [-0.25, -0.2) is 0 Å². The normalized spacial score (nSPS) is 21.7. The number of benzene rings is 1. The highest BCUT2D eigenvalue weighted by Gasteiger charge is 2.48. The second-order valence-electron chi connectivity index (χ2n) is 4.62. The summed E-state index contributed by atoms with van der Waals surface area (Å²) in [6, 6.07) is 9.08. The number of rotatable bonds is 5. The molecule has 0 spiro atoms. The Balaban J connectivity index is 2.38. The third kappa shape index (κ3) is 2.96. The number of nitro groups is 1. The molecule has 2 N–H and O–H groups in total. The molecule has 0 aliphatic heterocycles. The van der Waals surface area contributed by atoms with E-state index in [1.54, 1.807) is 12.1 Å². The Morgan fingerprint density at radius 3 is 2.45 bits per heavy atom. The van der Waals surface area contributed by atoms with Crippen LogP contribution in [0.15, 0.2) is 63.9 Å². The van der Waals surface area contributed by atoms with E-state index >= 15 is 0 Å². The molecule has 1 unspecified atom stereocenters. The highest BCUT2D eigenvalue weighted by molar-refractivity contribution is 5.37. The lowest BCUT2D eigenvalue weighted by Gasteiger charge is -2.26. The van der Waals surface area contributed by atoms with E-state index in [0.29, 0.717) is 11.4 Å². The monoisotopic (exact) mass is 304 g/mol. The summed E-state index contributed by atoms with van der Waals surface area (Å²) >= 11 is 0. The topological polar surface area (TPSA) is 112 Å². The minimum atomic E-state index is -1.87. The maximum Gasteiger partial charge on any atom is 0.336 e. The molecule has 0 saturated heterocycles. The third-order valence-electron chi connectivity index (χ3n) is 3.23. The maximum absolute atomic E-state index is 11.2. The van der Waals surface area contributed by atoms with Gasteiger partial charge in [0, 0.05) is 6.08 Å². The molecular formula is C14H16N4O4. The van der Waals surface area contributed by atoms with Gasteiger partial charge in [-0.15, -0.1) is 5.11 Å². The molecule has 1 aromatic rings. The molecule has 0 saturated carbocycles. The van der Waals surface area contributed by atoms with Gasteiger partial charge in [-0.05, 0) is 12.1 Å². The van der Waals surface area contributed by atoms with Crippen LogP contribution in [0.25, 0.3) is 0 Å². The summed E-state index contributed by atoms with van der Waals surface area (Å²) in [7, 11) is 2.72. The highest BCUT2D eigenvalue weighted by Crippen LogP contribution is 2.33. The van der Waals surface area contributed by atoms with Crippen molar-refractivity contribution < 1.29 is 14.4 Å². The van der Waals surface area contributed by atoms with Crippen LogP contribution in [-0.2, 0) is 9.47 Å². The molecule has 1 aromatic carbocycles. The summed E-state index contributed by atoms with van der Waals surface area (Å²) in [6.07, 6.45) is 1.21. The zero-order chi connectivity index (χ0) is 16.2. The van der Waals surface area contributed by atoms with Crippen LogP contribution < -0.4 is 5.73 Å². The van der Waals surface area contributed by atoms with E-state index in [0.717, 1.165) is 0 Å². The van der Waals surface area contributed by atoms with Gasteiger partial charge in [0.25, 0.3) is 0 Å². The number of nitrogens with zero attached hydrogens (tertiary/aromatic N) is 3. The van der Waals surface area contributed by atoms with Gasteiger partial charge in [-0.1, -0.05) is 18.2 Å². The highest BCUT2D eigenvalue weighted by atomic mass is 16.6. The van der Waals surface area contributed by atoms with Crippen molar-refractivity contribution in [3.8, 4) is 0 Å². The maximum atomic E-state index is 11.2. The number of nitrogens with two attached hydrogens (primary N) is 1. The van der Waals surface area contributed by atoms with Gasteiger partial charge in [-0.3, -0.25) is 15.8 Å². The summed E-state index contributed by atoms with van der Waals surface area (Å²) in [5.41, 5.74) is 4.93. The third-order valence-corrected chi connectivity index (χ3v) is 3.23. The number of allylic oxidation sites excluding steroid dienone is 1. The van der Waals surface area contributed by atoms with Gasteiger partial charge in [-0.2, -0.15) is 5.11 Å². The van der Waals surface area contributed by atoms with Crippen molar-refractivity contribution in [2.24, 2.45) is 16.0 Å². The van der Waals surface area contributed by atoms with Crippen molar-refractivity contribution in [2.75, 3.05) is 14.2 Å². The SMILES string of the molecule is COC1=CC(N=Nc2ccccc2)=C(OC)CC1(N)[N+](=O)[O-]. The lowest BCUT2D eigenvalue weighted by Crippen LogP contribution is -2.51. The average Bonchev–Trinajstić information content (AvgIpc) is 2.54. The fourth-order valence-corrected chi connectivity index (χ4v) is 2.01. The quantitative estimate of drug-likeness (QED) is 0.388. The minimum Gasteiger partial charge on any atom is -0.498 e. The zero-order valence-corrected chi connectivity index (χ0v) is 12.2. The number of ether oxygens (including phenoxy) is 2. The largest absolute Gasteiger partial charge is 0.498 e. The molecule has 0 heterocycles. The predicted molar refractivity (Wildman–Crippen MR) is 78.6 cm³/mol. The van der Waals surface area contributed by atoms with Crippen LogP contribution in [0.2, 0.25) is 0 Å². The molecule has 8 heteroatoms. The van der Waals surface area contributed by atoms with E-state index < -0.39 is 10.6 Å². The lowest BCUT2D eigenvalue weighted by atomic mass is 9.97. The van der Waals surface area contributed by atoms with Crippen LogP contribution in [0.3, 0.4) is 0 Å². The first-order valence-corrected chi connectivity index (χ1v) is 6.44. The molecule has 0 fully saturated rings. The predicted octanol–water partition coefficient (Wildman–Crippen LogP) is 2.49. The smallest absolute Gasteiger partial charge is 0.336 e. The Kier molecular flexibility index (Phi) is 4.52. The molecule has 1 aliphatic rings. The molecule has 2 rings (SSSR count). The Morgan fingerprint density at radius 2 is 1.91 bits per heavy atom. The van der Waals surface area contributed by atoms with E-state index in [-0.39, 0.29) is 17.9 Å². The molecule has 0 aromatic heterocycles. The van der Waals surface area contributed by atoms with Crippen LogP contribution >= 0.6 is 0 Å². The van der Waals surface area contributed by atoms with E-state index in [1.165, 1.54) is 20.3 Å². The number of methoxy groups -OCH3 is 2. The number of hydrogen-bond donors (Lipinski definition) is 1. The molecule has 8 nitrogen and oxygen atoms in total. The molecule has 0 amide bonds. The van der Waals surface area contributed by atoms with Crippen molar-refractivity contribution in [3.05, 3.63) is 63.7 Å². The summed E-state index contributed by atoms with van der Waals surface area (Å²) in [5.74, 6) is 0.278. The first-order chi connectivity index (χ1) is 10.5. The van der Waals surface area contributed by atoms with E-state index in [4.69, 9.17) is 15.2 Å². The van der Waals surface area contributed by atoms with Crippen LogP contribution in [0.4, 0.5) is 5.69 Å². The fourth-order valence-electron chi connectivity index (χ4n) is 2.01. The summed E-state index contributed by atoms with van der Waals surface area (Å²) in [4.78, 5) is 10.6. The molecular weight excluding hydrogens is 288 g/mol. The molecule has 0 bridgehead atoms. The Labute approximate surface area is 127 Å². The number of azo groups is 1. The summed E-state index contributed by atoms with van der Waals surface area (Å²) in [5, 5.41) is 19.4. The second kappa shape index (κ2) is 6.35. The molecule has 22 heavy (non-hydrogen) atoms. The van der Waals surface area contributed by atoms with Crippen LogP contribution in [0.5, 0.6) is 0 Å². The molecule has 1 aliphatic carbocycles. The van der Waals surface area contributed by atoms with Crippen LogP contribution in [0, 0.1) is 10.1 Å². The average molecular weight is 304 g/mol. The van der Waals surface area contributed by atoms with Crippen molar-refractivity contribution in [1.29, 1.82) is 0 Å². The van der Waals surface area contributed by atoms with Gasteiger partial charge in [0.05, 0.1) is 24.8 Å². The minimum absolute atomic E-state index is 0.000289. The Morgan fingerprint density at radius 1 is 1.23 bits per heavy atom. The van der Waals surface area contributed by atoms with Crippen molar-refractivity contribution in [3.63, 3.8) is 0 Å². The molecule has 0 radical (unpaired) electrons. The Hall–Kier alpha value is -2.74. The van der Waals surface area contributed by atoms with E-state index in [2.05, 4.69) is 10.2 Å². The van der Waals surface area contributed by atoms with Crippen molar-refractivity contribution in [1.82, 2.24) is 0 Å². The van der Waals surface area contributed by atoms with Gasteiger partial charge < -0.3 is 9.47 Å². The fraction of sp³-hybridized carbons (Fsp3) is 0.286. The number of hydrogen-bond acceptors (Lipinski definition) is 7. The molecule has 116 valence electrons. The Bertz CT molecular complexity index is 654. The van der Waals surface area contributed by atoms with Gasteiger partial charge in [0.2, 0.25) is 0 Å². The van der Waals surface area contributed by atoms with Crippen LogP contribution in [-0.4, -0.2) is 24.8 Å². The van der Waals surface area contributed by atoms with E-state index in [1.807, 2.05) is 18.2 Å². The van der Waals surface area contributed by atoms with Crippen molar-refractivity contribution >= 4 is 5.69 Å².